The minimum Gasteiger partial charge on any atom is -0.490 e. The fourth-order valence-corrected chi connectivity index (χ4v) is 2.29. The zero-order chi connectivity index (χ0) is 13.5. The zero-order valence-corrected chi connectivity index (χ0v) is 11.9. The molecule has 0 aromatic heterocycles. The number of hydrogen-bond acceptors (Lipinski definition) is 4. The van der Waals surface area contributed by atoms with Crippen LogP contribution in [0, 0.1) is 0 Å². The molecule has 19 heavy (non-hydrogen) atoms. The average Bonchev–Trinajstić information content (AvgIpc) is 2.43. The number of nitrogens with one attached hydrogen (secondary N) is 1. The first kappa shape index (κ1) is 14.6. The lowest BCUT2D eigenvalue weighted by atomic mass is 10.1. The van der Waals surface area contributed by atoms with E-state index < -0.39 is 0 Å². The van der Waals surface area contributed by atoms with E-state index in [1.165, 1.54) is 0 Å². The highest BCUT2D eigenvalue weighted by molar-refractivity contribution is 6.32. The summed E-state index contributed by atoms with van der Waals surface area (Å²) in [5.41, 5.74) is 1.16. The van der Waals surface area contributed by atoms with E-state index >= 15 is 0 Å². The summed E-state index contributed by atoms with van der Waals surface area (Å²) >= 11 is 6.20. The number of ether oxygens (including phenoxy) is 3. The molecule has 1 atom stereocenters. The number of methoxy groups -OCH3 is 1. The number of rotatable bonds is 6. The van der Waals surface area contributed by atoms with Crippen LogP contribution >= 0.6 is 11.6 Å². The lowest BCUT2D eigenvalue weighted by molar-refractivity contribution is 0.0292. The second-order valence-electron chi connectivity index (χ2n) is 4.51. The third kappa shape index (κ3) is 4.66. The van der Waals surface area contributed by atoms with Crippen LogP contribution in [-0.2, 0) is 15.9 Å². The van der Waals surface area contributed by atoms with Crippen LogP contribution in [0.15, 0.2) is 18.2 Å². The molecule has 0 spiro atoms. The predicted octanol–water partition coefficient (Wildman–Crippen LogP) is 1.90. The largest absolute Gasteiger partial charge is 0.490 e. The standard InChI is InChI=1S/C14H20ClNO3/c1-17-6-7-19-14-3-2-11(9-13(14)15)8-12-10-16-4-5-18-12/h2-3,9,12,16H,4-8,10H2,1H3. The maximum Gasteiger partial charge on any atom is 0.138 e. The van der Waals surface area contributed by atoms with E-state index in [-0.39, 0.29) is 6.10 Å². The summed E-state index contributed by atoms with van der Waals surface area (Å²) in [5, 5.41) is 3.96. The van der Waals surface area contributed by atoms with E-state index in [9.17, 15) is 0 Å². The second-order valence-corrected chi connectivity index (χ2v) is 4.91. The maximum atomic E-state index is 6.20. The Balaban J connectivity index is 1.90. The van der Waals surface area contributed by atoms with Crippen molar-refractivity contribution in [3.05, 3.63) is 28.8 Å². The molecule has 1 heterocycles. The highest BCUT2D eigenvalue weighted by atomic mass is 35.5. The van der Waals surface area contributed by atoms with Gasteiger partial charge in [-0.05, 0) is 24.1 Å². The van der Waals surface area contributed by atoms with Crippen molar-refractivity contribution in [2.75, 3.05) is 40.0 Å². The third-order valence-corrected chi connectivity index (χ3v) is 3.30. The molecule has 1 saturated heterocycles. The Labute approximate surface area is 119 Å². The van der Waals surface area contributed by atoms with Gasteiger partial charge in [0.15, 0.2) is 0 Å². The van der Waals surface area contributed by atoms with Crippen molar-refractivity contribution in [3.63, 3.8) is 0 Å². The topological polar surface area (TPSA) is 39.7 Å². The van der Waals surface area contributed by atoms with Gasteiger partial charge >= 0.3 is 0 Å². The highest BCUT2D eigenvalue weighted by Gasteiger charge is 2.14. The summed E-state index contributed by atoms with van der Waals surface area (Å²) in [5.74, 6) is 0.699. The molecule has 0 amide bonds. The van der Waals surface area contributed by atoms with Gasteiger partial charge in [-0.15, -0.1) is 0 Å². The number of halogens is 1. The number of hydrogen-bond donors (Lipinski definition) is 1. The van der Waals surface area contributed by atoms with E-state index in [1.807, 2.05) is 18.2 Å². The molecule has 0 bridgehead atoms. The van der Waals surface area contributed by atoms with Crippen LogP contribution in [0.4, 0.5) is 0 Å². The molecule has 1 aliphatic heterocycles. The molecule has 1 N–H and O–H groups in total. The molecule has 1 aromatic rings. The van der Waals surface area contributed by atoms with Crippen LogP contribution in [0.5, 0.6) is 5.75 Å². The molecule has 1 aliphatic rings. The van der Waals surface area contributed by atoms with Crippen LogP contribution in [0.25, 0.3) is 0 Å². The molecular weight excluding hydrogens is 266 g/mol. The highest BCUT2D eigenvalue weighted by Crippen LogP contribution is 2.26. The van der Waals surface area contributed by atoms with Gasteiger partial charge in [-0.3, -0.25) is 0 Å². The van der Waals surface area contributed by atoms with Gasteiger partial charge in [-0.2, -0.15) is 0 Å². The first-order chi connectivity index (χ1) is 9.29. The molecule has 1 aromatic carbocycles. The minimum absolute atomic E-state index is 0.227. The Hall–Kier alpha value is -0.810. The number of morpholine rings is 1. The maximum absolute atomic E-state index is 6.20. The molecule has 0 saturated carbocycles. The van der Waals surface area contributed by atoms with Crippen LogP contribution < -0.4 is 10.1 Å². The second kappa shape index (κ2) is 7.70. The fraction of sp³-hybridized carbons (Fsp3) is 0.571. The van der Waals surface area contributed by atoms with Gasteiger partial charge in [0.25, 0.3) is 0 Å². The van der Waals surface area contributed by atoms with Crippen molar-refractivity contribution < 1.29 is 14.2 Å². The SMILES string of the molecule is COCCOc1ccc(CC2CNCCO2)cc1Cl. The van der Waals surface area contributed by atoms with Crippen molar-refractivity contribution in [3.8, 4) is 5.75 Å². The Morgan fingerprint density at radius 1 is 1.42 bits per heavy atom. The fourth-order valence-electron chi connectivity index (χ4n) is 2.04. The third-order valence-electron chi connectivity index (χ3n) is 3.01. The Kier molecular flexibility index (Phi) is 5.92. The molecule has 0 aliphatic carbocycles. The average molecular weight is 286 g/mol. The normalized spacial score (nSPS) is 19.4. The summed E-state index contributed by atoms with van der Waals surface area (Å²) in [6.07, 6.45) is 1.09. The van der Waals surface area contributed by atoms with Crippen molar-refractivity contribution in [2.24, 2.45) is 0 Å². The predicted molar refractivity (Wildman–Crippen MR) is 75.1 cm³/mol. The van der Waals surface area contributed by atoms with Gasteiger partial charge < -0.3 is 19.5 Å². The summed E-state index contributed by atoms with van der Waals surface area (Å²) < 4.78 is 16.1. The van der Waals surface area contributed by atoms with E-state index in [0.29, 0.717) is 24.0 Å². The van der Waals surface area contributed by atoms with Crippen molar-refractivity contribution in [1.29, 1.82) is 0 Å². The van der Waals surface area contributed by atoms with Gasteiger partial charge in [0, 0.05) is 20.2 Å². The lowest BCUT2D eigenvalue weighted by Gasteiger charge is -2.23. The molecular formula is C14H20ClNO3. The van der Waals surface area contributed by atoms with E-state index in [2.05, 4.69) is 5.32 Å². The van der Waals surface area contributed by atoms with Gasteiger partial charge in [0.2, 0.25) is 0 Å². The first-order valence-corrected chi connectivity index (χ1v) is 6.90. The molecule has 5 heteroatoms. The van der Waals surface area contributed by atoms with E-state index in [4.69, 9.17) is 25.8 Å². The lowest BCUT2D eigenvalue weighted by Crippen LogP contribution is -2.39. The Morgan fingerprint density at radius 3 is 3.00 bits per heavy atom. The smallest absolute Gasteiger partial charge is 0.138 e. The monoisotopic (exact) mass is 285 g/mol. The molecule has 4 nitrogen and oxygen atoms in total. The van der Waals surface area contributed by atoms with Crippen molar-refractivity contribution in [1.82, 2.24) is 5.32 Å². The summed E-state index contributed by atoms with van der Waals surface area (Å²) in [6.45, 7) is 3.66. The molecule has 106 valence electrons. The molecule has 1 fully saturated rings. The van der Waals surface area contributed by atoms with Gasteiger partial charge in [-0.1, -0.05) is 17.7 Å². The molecule has 2 rings (SSSR count). The van der Waals surface area contributed by atoms with E-state index in [1.54, 1.807) is 7.11 Å². The van der Waals surface area contributed by atoms with Gasteiger partial charge in [0.1, 0.15) is 12.4 Å². The molecule has 1 unspecified atom stereocenters. The van der Waals surface area contributed by atoms with Crippen LogP contribution in [0.1, 0.15) is 5.56 Å². The van der Waals surface area contributed by atoms with E-state index in [0.717, 1.165) is 31.7 Å². The number of benzene rings is 1. The first-order valence-electron chi connectivity index (χ1n) is 6.52. The van der Waals surface area contributed by atoms with Gasteiger partial charge in [-0.25, -0.2) is 0 Å². The summed E-state index contributed by atoms with van der Waals surface area (Å²) in [4.78, 5) is 0. The van der Waals surface area contributed by atoms with Gasteiger partial charge in [0.05, 0.1) is 24.3 Å². The quantitative estimate of drug-likeness (QED) is 0.811. The van der Waals surface area contributed by atoms with Crippen molar-refractivity contribution >= 4 is 11.6 Å². The van der Waals surface area contributed by atoms with Crippen LogP contribution in [0.3, 0.4) is 0 Å². The Morgan fingerprint density at radius 2 is 2.32 bits per heavy atom. The molecule has 0 radical (unpaired) electrons. The zero-order valence-electron chi connectivity index (χ0n) is 11.2. The summed E-state index contributed by atoms with van der Waals surface area (Å²) in [6, 6.07) is 5.89. The van der Waals surface area contributed by atoms with Crippen molar-refractivity contribution in [2.45, 2.75) is 12.5 Å². The summed E-state index contributed by atoms with van der Waals surface area (Å²) in [7, 11) is 1.65. The van der Waals surface area contributed by atoms with Crippen LogP contribution in [0.2, 0.25) is 5.02 Å². The minimum atomic E-state index is 0.227. The Bertz CT molecular complexity index is 394. The van der Waals surface area contributed by atoms with Crippen LogP contribution in [-0.4, -0.2) is 46.1 Å².